The molecule has 1 N–H and O–H groups in total. The topological polar surface area (TPSA) is 74.5 Å². The second-order valence-corrected chi connectivity index (χ2v) is 11.4. The van der Waals surface area contributed by atoms with Crippen LogP contribution in [0.25, 0.3) is 11.2 Å². The Balaban J connectivity index is 1.15. The van der Waals surface area contributed by atoms with Crippen LogP contribution in [0.2, 0.25) is 0 Å². The van der Waals surface area contributed by atoms with Gasteiger partial charge >= 0.3 is 5.97 Å². The van der Waals surface area contributed by atoms with E-state index in [0.29, 0.717) is 17.9 Å². The lowest BCUT2D eigenvalue weighted by Gasteiger charge is -2.35. The van der Waals surface area contributed by atoms with Crippen molar-refractivity contribution in [2.45, 2.75) is 62.9 Å². The summed E-state index contributed by atoms with van der Waals surface area (Å²) >= 11 is 0. The zero-order chi connectivity index (χ0) is 25.2. The quantitative estimate of drug-likeness (QED) is 0.501. The third-order valence-electron chi connectivity index (χ3n) is 9.21. The van der Waals surface area contributed by atoms with Gasteiger partial charge in [0.25, 0.3) is 0 Å². The number of carbonyl (C=O) groups is 1. The van der Waals surface area contributed by atoms with Gasteiger partial charge in [0.15, 0.2) is 5.65 Å². The van der Waals surface area contributed by atoms with E-state index in [1.165, 1.54) is 24.8 Å². The molecule has 1 aliphatic carbocycles. The minimum Gasteiger partial charge on any atom is -0.480 e. The van der Waals surface area contributed by atoms with Gasteiger partial charge in [0, 0.05) is 50.9 Å². The summed E-state index contributed by atoms with van der Waals surface area (Å²) in [7, 11) is 0. The van der Waals surface area contributed by atoms with Gasteiger partial charge in [-0.2, -0.15) is 0 Å². The van der Waals surface area contributed by atoms with Crippen LogP contribution >= 0.6 is 0 Å². The van der Waals surface area contributed by atoms with Gasteiger partial charge in [0.1, 0.15) is 11.6 Å². The first-order valence-corrected chi connectivity index (χ1v) is 14.2. The fourth-order valence-electron chi connectivity index (χ4n) is 7.35. The predicted octanol–water partition coefficient (Wildman–Crippen LogP) is 4.82. The van der Waals surface area contributed by atoms with E-state index in [9.17, 15) is 9.90 Å². The van der Waals surface area contributed by atoms with E-state index in [4.69, 9.17) is 0 Å². The predicted molar refractivity (Wildman–Crippen MR) is 144 cm³/mol. The molecule has 3 fully saturated rings. The monoisotopic (exact) mass is 501 g/mol. The third-order valence-corrected chi connectivity index (χ3v) is 9.21. The number of rotatable bonds is 7. The van der Waals surface area contributed by atoms with Crippen LogP contribution in [-0.4, -0.2) is 74.2 Å². The lowest BCUT2D eigenvalue weighted by molar-refractivity contribution is -0.145. The number of nitrogens with zero attached hydrogens (tertiary/aromatic N) is 5. The molecule has 1 aromatic carbocycles. The van der Waals surface area contributed by atoms with Crippen LogP contribution in [0.15, 0.2) is 55.0 Å². The van der Waals surface area contributed by atoms with E-state index in [0.717, 1.165) is 69.6 Å². The van der Waals surface area contributed by atoms with Gasteiger partial charge in [0.05, 0.1) is 6.33 Å². The summed E-state index contributed by atoms with van der Waals surface area (Å²) in [5, 5.41) is 10.3. The summed E-state index contributed by atoms with van der Waals surface area (Å²) in [5.41, 5.74) is 3.31. The van der Waals surface area contributed by atoms with Crippen molar-refractivity contribution < 1.29 is 9.90 Å². The summed E-state index contributed by atoms with van der Waals surface area (Å²) < 4.78 is 2.26. The minimum atomic E-state index is -0.624. The molecule has 2 aliphatic heterocycles. The number of aliphatic carboxylic acids is 1. The summed E-state index contributed by atoms with van der Waals surface area (Å²) in [4.78, 5) is 26.6. The maximum Gasteiger partial charge on any atom is 0.321 e. The molecule has 2 aromatic heterocycles. The molecule has 1 saturated carbocycles. The number of hydrogen-bond acceptors (Lipinski definition) is 5. The number of imidazole rings is 1. The van der Waals surface area contributed by atoms with Gasteiger partial charge in [-0.05, 0) is 55.2 Å². The van der Waals surface area contributed by atoms with E-state index < -0.39 is 5.97 Å². The molecule has 0 radical (unpaired) electrons. The van der Waals surface area contributed by atoms with Crippen LogP contribution in [0.4, 0.5) is 0 Å². The number of pyridine rings is 1. The van der Waals surface area contributed by atoms with Gasteiger partial charge in [0.2, 0.25) is 0 Å². The van der Waals surface area contributed by atoms with Crippen molar-refractivity contribution in [3.63, 3.8) is 0 Å². The van der Waals surface area contributed by atoms with Crippen molar-refractivity contribution in [2.75, 3.05) is 32.7 Å². The molecule has 37 heavy (non-hydrogen) atoms. The van der Waals surface area contributed by atoms with E-state index in [2.05, 4.69) is 54.7 Å². The smallest absolute Gasteiger partial charge is 0.321 e. The van der Waals surface area contributed by atoms with E-state index in [1.807, 2.05) is 24.7 Å². The molecule has 6 rings (SSSR count). The van der Waals surface area contributed by atoms with Crippen molar-refractivity contribution in [3.8, 4) is 0 Å². The summed E-state index contributed by atoms with van der Waals surface area (Å²) in [5.74, 6) is 0.489. The first-order valence-electron chi connectivity index (χ1n) is 14.2. The fraction of sp³-hybridized carbons (Fsp3) is 0.567. The number of carboxylic acids is 1. The molecule has 7 nitrogen and oxygen atoms in total. The SMILES string of the molecule is O=C(O)[C@@H](C1CCCCC1)N1CC(c2ccccc2)[C@@H](CN2CCC(n3cnc4cccnc43)CC2)C1. The van der Waals surface area contributed by atoms with Crippen molar-refractivity contribution in [1.29, 1.82) is 0 Å². The molecular formula is C30H39N5O2. The summed E-state index contributed by atoms with van der Waals surface area (Å²) in [6, 6.07) is 14.9. The van der Waals surface area contributed by atoms with Gasteiger partial charge in [-0.25, -0.2) is 9.97 Å². The number of piperidine rings is 1. The van der Waals surface area contributed by atoms with Crippen LogP contribution in [0.1, 0.15) is 62.5 Å². The molecule has 3 aliphatic rings. The molecule has 0 amide bonds. The Morgan fingerprint density at radius 1 is 0.946 bits per heavy atom. The first-order chi connectivity index (χ1) is 18.2. The molecular weight excluding hydrogens is 462 g/mol. The van der Waals surface area contributed by atoms with Crippen LogP contribution in [-0.2, 0) is 4.79 Å². The standard InChI is InChI=1S/C30H39N5O2/c36-30(37)28(23-10-5-2-6-11-23)34-19-24(26(20-34)22-8-3-1-4-9-22)18-33-16-13-25(14-17-33)35-21-32-27-12-7-15-31-29(27)35/h1,3-4,7-9,12,15,21,23-26,28H,2,5-6,10-11,13-14,16-20H2,(H,36,37)/t24-,26?,28+/m0/s1. The highest BCUT2D eigenvalue weighted by molar-refractivity contribution is 5.74. The van der Waals surface area contributed by atoms with Gasteiger partial charge in [-0.15, -0.1) is 0 Å². The number of fused-ring (bicyclic) bond motifs is 1. The van der Waals surface area contributed by atoms with E-state index >= 15 is 0 Å². The third kappa shape index (κ3) is 5.16. The molecule has 4 heterocycles. The molecule has 2 saturated heterocycles. The molecule has 1 unspecified atom stereocenters. The summed E-state index contributed by atoms with van der Waals surface area (Å²) in [6.07, 6.45) is 11.7. The lowest BCUT2D eigenvalue weighted by atomic mass is 9.83. The Labute approximate surface area is 219 Å². The number of aromatic nitrogens is 3. The number of benzene rings is 1. The highest BCUT2D eigenvalue weighted by Gasteiger charge is 2.43. The first kappa shape index (κ1) is 24.6. The maximum atomic E-state index is 12.5. The van der Waals surface area contributed by atoms with Gasteiger partial charge < -0.3 is 14.6 Å². The Morgan fingerprint density at radius 3 is 2.49 bits per heavy atom. The average molecular weight is 502 g/mol. The molecule has 7 heteroatoms. The van der Waals surface area contributed by atoms with Crippen LogP contribution in [0.3, 0.4) is 0 Å². The largest absolute Gasteiger partial charge is 0.480 e. The van der Waals surface area contributed by atoms with Gasteiger partial charge in [-0.3, -0.25) is 9.69 Å². The fourth-order valence-corrected chi connectivity index (χ4v) is 7.35. The lowest BCUT2D eigenvalue weighted by Crippen LogP contribution is -2.46. The molecule has 196 valence electrons. The number of likely N-dealkylation sites (tertiary alicyclic amines) is 2. The van der Waals surface area contributed by atoms with Crippen molar-refractivity contribution in [2.24, 2.45) is 11.8 Å². The molecule has 3 atom stereocenters. The summed E-state index contributed by atoms with van der Waals surface area (Å²) in [6.45, 7) is 4.87. The van der Waals surface area contributed by atoms with E-state index in [-0.39, 0.29) is 12.0 Å². The second kappa shape index (κ2) is 10.9. The minimum absolute atomic E-state index is 0.288. The van der Waals surface area contributed by atoms with Crippen LogP contribution in [0.5, 0.6) is 0 Å². The zero-order valence-corrected chi connectivity index (χ0v) is 21.7. The molecule has 3 aromatic rings. The average Bonchev–Trinajstić information content (AvgIpc) is 3.55. The Hall–Kier alpha value is -2.77. The van der Waals surface area contributed by atoms with Crippen molar-refractivity contribution in [1.82, 2.24) is 24.3 Å². The highest BCUT2D eigenvalue weighted by Crippen LogP contribution is 2.39. The maximum absolute atomic E-state index is 12.5. The van der Waals surface area contributed by atoms with E-state index in [1.54, 1.807) is 0 Å². The van der Waals surface area contributed by atoms with Crippen LogP contribution in [0, 0.1) is 11.8 Å². The number of carboxylic acid groups (broad SMARTS) is 1. The van der Waals surface area contributed by atoms with Crippen LogP contribution < -0.4 is 0 Å². The Bertz CT molecular complexity index is 1180. The Kier molecular flexibility index (Phi) is 7.25. The highest BCUT2D eigenvalue weighted by atomic mass is 16.4. The Morgan fingerprint density at radius 2 is 1.73 bits per heavy atom. The second-order valence-electron chi connectivity index (χ2n) is 11.4. The zero-order valence-electron chi connectivity index (χ0n) is 21.7. The molecule has 0 bridgehead atoms. The van der Waals surface area contributed by atoms with Crippen molar-refractivity contribution in [3.05, 3.63) is 60.6 Å². The molecule has 0 spiro atoms. The number of hydrogen-bond donors (Lipinski definition) is 1. The normalized spacial score (nSPS) is 25.5. The van der Waals surface area contributed by atoms with Gasteiger partial charge in [-0.1, -0.05) is 49.6 Å². The van der Waals surface area contributed by atoms with Crippen molar-refractivity contribution >= 4 is 17.1 Å².